The number of hydrogen-bond donors (Lipinski definition) is 0. The monoisotopic (exact) mass is 208 g/mol. The Morgan fingerprint density at radius 1 is 1.20 bits per heavy atom. The maximum absolute atomic E-state index is 9.74. The SMILES string of the molecule is C=Cc1ccc(C)cc1.COC(=O)OC. The quantitative estimate of drug-likeness (QED) is 0.665. The van der Waals surface area contributed by atoms with Crippen LogP contribution in [-0.4, -0.2) is 20.4 Å². The maximum Gasteiger partial charge on any atom is 0.507 e. The molecule has 0 unspecified atom stereocenters. The molecule has 0 saturated heterocycles. The number of rotatable bonds is 1. The molecule has 0 aliphatic heterocycles. The zero-order chi connectivity index (χ0) is 11.7. The number of carbonyl (C=O) groups is 1. The van der Waals surface area contributed by atoms with E-state index in [1.54, 1.807) is 0 Å². The minimum atomic E-state index is -0.657. The predicted molar refractivity (Wildman–Crippen MR) is 60.7 cm³/mol. The first kappa shape index (κ1) is 13.2. The van der Waals surface area contributed by atoms with Crippen molar-refractivity contribution < 1.29 is 14.3 Å². The van der Waals surface area contributed by atoms with Gasteiger partial charge in [-0.3, -0.25) is 0 Å². The molecule has 1 rings (SSSR count). The molecule has 1 aromatic rings. The van der Waals surface area contributed by atoms with Crippen molar-refractivity contribution in [3.63, 3.8) is 0 Å². The molecular formula is C12H16O3. The van der Waals surface area contributed by atoms with Crippen molar-refractivity contribution in [2.24, 2.45) is 0 Å². The van der Waals surface area contributed by atoms with Crippen LogP contribution in [0.15, 0.2) is 30.8 Å². The van der Waals surface area contributed by atoms with E-state index in [1.165, 1.54) is 25.3 Å². The van der Waals surface area contributed by atoms with Gasteiger partial charge >= 0.3 is 6.16 Å². The largest absolute Gasteiger partial charge is 0.507 e. The van der Waals surface area contributed by atoms with Gasteiger partial charge in [0.25, 0.3) is 0 Å². The van der Waals surface area contributed by atoms with E-state index in [9.17, 15) is 4.79 Å². The zero-order valence-corrected chi connectivity index (χ0v) is 9.32. The highest BCUT2D eigenvalue weighted by Crippen LogP contribution is 2.02. The fourth-order valence-corrected chi connectivity index (χ4v) is 0.786. The van der Waals surface area contributed by atoms with Crippen molar-refractivity contribution in [1.82, 2.24) is 0 Å². The molecular weight excluding hydrogens is 192 g/mol. The Balaban J connectivity index is 0.000000288. The van der Waals surface area contributed by atoms with Gasteiger partial charge in [0, 0.05) is 0 Å². The van der Waals surface area contributed by atoms with Crippen LogP contribution in [0.1, 0.15) is 11.1 Å². The Bertz CT molecular complexity index is 295. The molecule has 0 aliphatic rings. The van der Waals surface area contributed by atoms with E-state index >= 15 is 0 Å². The normalized spacial score (nSPS) is 8.20. The lowest BCUT2D eigenvalue weighted by atomic mass is 10.2. The van der Waals surface area contributed by atoms with E-state index in [0.29, 0.717) is 0 Å². The first-order valence-corrected chi connectivity index (χ1v) is 4.45. The smallest absolute Gasteiger partial charge is 0.438 e. The molecule has 1 aromatic carbocycles. The van der Waals surface area contributed by atoms with Gasteiger partial charge in [-0.05, 0) is 12.5 Å². The second kappa shape index (κ2) is 7.62. The van der Waals surface area contributed by atoms with Gasteiger partial charge in [0.2, 0.25) is 0 Å². The third-order valence-corrected chi connectivity index (χ3v) is 1.65. The third kappa shape index (κ3) is 6.32. The minimum absolute atomic E-state index is 0.657. The Labute approximate surface area is 90.3 Å². The van der Waals surface area contributed by atoms with Gasteiger partial charge in [0.1, 0.15) is 0 Å². The first-order valence-electron chi connectivity index (χ1n) is 4.45. The van der Waals surface area contributed by atoms with Crippen molar-refractivity contribution in [3.05, 3.63) is 42.0 Å². The molecule has 0 spiro atoms. The molecule has 0 aromatic heterocycles. The standard InChI is InChI=1S/C9H10.C3H6O3/c1-3-9-6-4-8(2)5-7-9;1-5-3(4)6-2/h3-7H,1H2,2H3;1-2H3. The first-order chi connectivity index (χ1) is 7.13. The van der Waals surface area contributed by atoms with E-state index in [1.807, 2.05) is 6.08 Å². The highest BCUT2D eigenvalue weighted by Gasteiger charge is 1.88. The molecule has 0 saturated carbocycles. The van der Waals surface area contributed by atoms with Crippen LogP contribution in [-0.2, 0) is 9.47 Å². The number of carbonyl (C=O) groups excluding carboxylic acids is 1. The van der Waals surface area contributed by atoms with E-state index in [-0.39, 0.29) is 0 Å². The highest BCUT2D eigenvalue weighted by atomic mass is 16.7. The third-order valence-electron chi connectivity index (χ3n) is 1.65. The molecule has 0 aliphatic carbocycles. The van der Waals surface area contributed by atoms with Crippen LogP contribution in [0.25, 0.3) is 6.08 Å². The average molecular weight is 208 g/mol. The van der Waals surface area contributed by atoms with Gasteiger partial charge in [-0.25, -0.2) is 4.79 Å². The lowest BCUT2D eigenvalue weighted by molar-refractivity contribution is 0.0924. The second-order valence-corrected chi connectivity index (χ2v) is 2.77. The number of ether oxygens (including phenoxy) is 2. The Morgan fingerprint density at radius 2 is 1.67 bits per heavy atom. The molecule has 0 heterocycles. The lowest BCUT2D eigenvalue weighted by Crippen LogP contribution is -1.97. The summed E-state index contributed by atoms with van der Waals surface area (Å²) in [6.07, 6.45) is 1.19. The number of hydrogen-bond acceptors (Lipinski definition) is 3. The van der Waals surface area contributed by atoms with E-state index in [4.69, 9.17) is 0 Å². The molecule has 0 atom stereocenters. The highest BCUT2D eigenvalue weighted by molar-refractivity contribution is 5.59. The van der Waals surface area contributed by atoms with Gasteiger partial charge in [-0.15, -0.1) is 0 Å². The Hall–Kier alpha value is -1.77. The van der Waals surface area contributed by atoms with E-state index in [2.05, 4.69) is 47.2 Å². The van der Waals surface area contributed by atoms with Crippen LogP contribution in [0.3, 0.4) is 0 Å². The van der Waals surface area contributed by atoms with Crippen molar-refractivity contribution in [2.45, 2.75) is 6.92 Å². The van der Waals surface area contributed by atoms with Crippen LogP contribution in [0, 0.1) is 6.92 Å². The summed E-state index contributed by atoms with van der Waals surface area (Å²) in [7, 11) is 2.51. The predicted octanol–water partition coefficient (Wildman–Crippen LogP) is 3.04. The van der Waals surface area contributed by atoms with Crippen molar-refractivity contribution >= 4 is 12.2 Å². The van der Waals surface area contributed by atoms with Crippen LogP contribution in [0.5, 0.6) is 0 Å². The van der Waals surface area contributed by atoms with E-state index in [0.717, 1.165) is 0 Å². The number of methoxy groups -OCH3 is 2. The fraction of sp³-hybridized carbons (Fsp3) is 0.250. The molecule has 0 radical (unpaired) electrons. The summed E-state index contributed by atoms with van der Waals surface area (Å²) in [5.74, 6) is 0. The van der Waals surface area contributed by atoms with E-state index < -0.39 is 6.16 Å². The Morgan fingerprint density at radius 3 is 1.93 bits per heavy atom. The van der Waals surface area contributed by atoms with Gasteiger partial charge < -0.3 is 9.47 Å². The topological polar surface area (TPSA) is 35.5 Å². The summed E-state index contributed by atoms with van der Waals surface area (Å²) >= 11 is 0. The van der Waals surface area contributed by atoms with Crippen LogP contribution < -0.4 is 0 Å². The van der Waals surface area contributed by atoms with Crippen molar-refractivity contribution in [2.75, 3.05) is 14.2 Å². The molecule has 15 heavy (non-hydrogen) atoms. The molecule has 82 valence electrons. The summed E-state index contributed by atoms with van der Waals surface area (Å²) in [4.78, 5) is 9.74. The summed E-state index contributed by atoms with van der Waals surface area (Å²) in [6, 6.07) is 8.28. The molecule has 0 N–H and O–H groups in total. The molecule has 0 fully saturated rings. The van der Waals surface area contributed by atoms with Crippen molar-refractivity contribution in [1.29, 1.82) is 0 Å². The van der Waals surface area contributed by atoms with Gasteiger partial charge in [0.05, 0.1) is 14.2 Å². The molecule has 3 nitrogen and oxygen atoms in total. The molecule has 3 heteroatoms. The lowest BCUT2D eigenvalue weighted by Gasteiger charge is -1.91. The number of benzene rings is 1. The summed E-state index contributed by atoms with van der Waals surface area (Å²) < 4.78 is 8.08. The van der Waals surface area contributed by atoms with Crippen LogP contribution in [0.4, 0.5) is 4.79 Å². The number of aryl methyl sites for hydroxylation is 1. The van der Waals surface area contributed by atoms with Crippen LogP contribution >= 0.6 is 0 Å². The summed E-state index contributed by atoms with van der Waals surface area (Å²) in [6.45, 7) is 5.74. The molecule has 0 amide bonds. The zero-order valence-electron chi connectivity index (χ0n) is 9.32. The average Bonchev–Trinajstić information content (AvgIpc) is 2.30. The Kier molecular flexibility index (Phi) is 6.72. The summed E-state index contributed by atoms with van der Waals surface area (Å²) in [5, 5.41) is 0. The minimum Gasteiger partial charge on any atom is -0.438 e. The van der Waals surface area contributed by atoms with Gasteiger partial charge in [-0.1, -0.05) is 42.5 Å². The van der Waals surface area contributed by atoms with Crippen molar-refractivity contribution in [3.8, 4) is 0 Å². The second-order valence-electron chi connectivity index (χ2n) is 2.77. The van der Waals surface area contributed by atoms with Gasteiger partial charge in [0.15, 0.2) is 0 Å². The van der Waals surface area contributed by atoms with Crippen LogP contribution in [0.2, 0.25) is 0 Å². The van der Waals surface area contributed by atoms with Gasteiger partial charge in [-0.2, -0.15) is 0 Å². The summed E-state index contributed by atoms with van der Waals surface area (Å²) in [5.41, 5.74) is 2.47. The maximum atomic E-state index is 9.74. The fourth-order valence-electron chi connectivity index (χ4n) is 0.786. The molecule has 0 bridgehead atoms.